The maximum absolute atomic E-state index is 6.38. The van der Waals surface area contributed by atoms with Gasteiger partial charge in [0.05, 0.1) is 10.9 Å². The number of halogens is 1. The third kappa shape index (κ3) is 2.91. The summed E-state index contributed by atoms with van der Waals surface area (Å²) in [5.74, 6) is 0.852. The molecule has 3 rings (SSSR count). The number of hydrogen-bond acceptors (Lipinski definition) is 2. The fourth-order valence-corrected chi connectivity index (χ4v) is 2.36. The quantitative estimate of drug-likeness (QED) is 0.706. The average molecular weight is 283 g/mol. The molecule has 0 amide bonds. The first-order valence-corrected chi connectivity index (χ1v) is 7.05. The van der Waals surface area contributed by atoms with Crippen molar-refractivity contribution in [3.63, 3.8) is 0 Å². The predicted octanol–water partition coefficient (Wildman–Crippen LogP) is 4.63. The number of benzene rings is 2. The summed E-state index contributed by atoms with van der Waals surface area (Å²) in [6.07, 6.45) is 0. The van der Waals surface area contributed by atoms with E-state index in [-0.39, 0.29) is 5.38 Å². The Morgan fingerprint density at radius 1 is 0.900 bits per heavy atom. The van der Waals surface area contributed by atoms with E-state index in [9.17, 15) is 0 Å². The molecule has 20 heavy (non-hydrogen) atoms. The first-order chi connectivity index (χ1) is 9.83. The van der Waals surface area contributed by atoms with Crippen molar-refractivity contribution in [1.82, 2.24) is 4.98 Å². The van der Waals surface area contributed by atoms with Crippen LogP contribution in [-0.4, -0.2) is 11.5 Å². The molecular formula is C17H15ClN2. The number of fused-ring (bicyclic) bond motifs is 1. The van der Waals surface area contributed by atoms with Crippen molar-refractivity contribution in [1.29, 1.82) is 0 Å². The molecule has 0 aliphatic carbocycles. The summed E-state index contributed by atoms with van der Waals surface area (Å²) in [7, 11) is 0. The Morgan fingerprint density at radius 3 is 2.50 bits per heavy atom. The van der Waals surface area contributed by atoms with E-state index in [1.54, 1.807) is 0 Å². The van der Waals surface area contributed by atoms with Crippen LogP contribution in [0, 0.1) is 0 Å². The monoisotopic (exact) mass is 282 g/mol. The maximum atomic E-state index is 6.38. The Hall–Kier alpha value is -2.06. The summed E-state index contributed by atoms with van der Waals surface area (Å²) < 4.78 is 0. The van der Waals surface area contributed by atoms with E-state index in [4.69, 9.17) is 11.6 Å². The summed E-state index contributed by atoms with van der Waals surface area (Å²) >= 11 is 6.38. The van der Waals surface area contributed by atoms with Crippen molar-refractivity contribution < 1.29 is 0 Å². The molecule has 0 bridgehead atoms. The van der Waals surface area contributed by atoms with Crippen LogP contribution in [0.3, 0.4) is 0 Å². The van der Waals surface area contributed by atoms with Gasteiger partial charge in [0.15, 0.2) is 0 Å². The van der Waals surface area contributed by atoms with Crippen molar-refractivity contribution in [3.05, 3.63) is 72.3 Å². The highest BCUT2D eigenvalue weighted by Gasteiger charge is 2.07. The molecule has 0 saturated carbocycles. The van der Waals surface area contributed by atoms with E-state index < -0.39 is 0 Å². The first kappa shape index (κ1) is 12.9. The summed E-state index contributed by atoms with van der Waals surface area (Å²) in [5.41, 5.74) is 2.10. The van der Waals surface area contributed by atoms with E-state index >= 15 is 0 Å². The second-order valence-corrected chi connectivity index (χ2v) is 5.18. The zero-order chi connectivity index (χ0) is 13.8. The Kier molecular flexibility index (Phi) is 3.84. The lowest BCUT2D eigenvalue weighted by Gasteiger charge is -2.12. The van der Waals surface area contributed by atoms with Crippen LogP contribution in [0.25, 0.3) is 10.9 Å². The number of pyridine rings is 1. The number of nitrogens with zero attached hydrogens (tertiary/aromatic N) is 1. The Morgan fingerprint density at radius 2 is 1.65 bits per heavy atom. The van der Waals surface area contributed by atoms with Crippen molar-refractivity contribution in [2.24, 2.45) is 0 Å². The highest BCUT2D eigenvalue weighted by atomic mass is 35.5. The zero-order valence-electron chi connectivity index (χ0n) is 11.0. The molecular weight excluding hydrogens is 268 g/mol. The number of aromatic nitrogens is 1. The van der Waals surface area contributed by atoms with Crippen LogP contribution in [-0.2, 0) is 0 Å². The molecule has 0 fully saturated rings. The van der Waals surface area contributed by atoms with E-state index in [0.717, 1.165) is 22.3 Å². The summed E-state index contributed by atoms with van der Waals surface area (Å²) in [5, 5.41) is 4.37. The number of para-hydroxylation sites is 1. The van der Waals surface area contributed by atoms with Gasteiger partial charge in [0.2, 0.25) is 0 Å². The second kappa shape index (κ2) is 5.93. The SMILES string of the molecule is ClC(CNc1ccc2ccccc2n1)c1ccccc1. The van der Waals surface area contributed by atoms with Crippen molar-refractivity contribution in [2.45, 2.75) is 5.38 Å². The van der Waals surface area contributed by atoms with Gasteiger partial charge in [-0.15, -0.1) is 11.6 Å². The normalized spacial score (nSPS) is 12.2. The van der Waals surface area contributed by atoms with Crippen LogP contribution in [0.15, 0.2) is 66.7 Å². The average Bonchev–Trinajstić information content (AvgIpc) is 2.53. The van der Waals surface area contributed by atoms with Gasteiger partial charge < -0.3 is 5.32 Å². The van der Waals surface area contributed by atoms with Crippen molar-refractivity contribution in [3.8, 4) is 0 Å². The van der Waals surface area contributed by atoms with Crippen LogP contribution in [0.5, 0.6) is 0 Å². The number of rotatable bonds is 4. The minimum atomic E-state index is -0.0653. The number of alkyl halides is 1. The van der Waals surface area contributed by atoms with Gasteiger partial charge in [-0.1, -0.05) is 48.5 Å². The van der Waals surface area contributed by atoms with Crippen LogP contribution < -0.4 is 5.32 Å². The zero-order valence-corrected chi connectivity index (χ0v) is 11.7. The van der Waals surface area contributed by atoms with Gasteiger partial charge in [-0.2, -0.15) is 0 Å². The molecule has 3 heteroatoms. The highest BCUT2D eigenvalue weighted by molar-refractivity contribution is 6.21. The van der Waals surface area contributed by atoms with Crippen molar-refractivity contribution >= 4 is 28.3 Å². The molecule has 0 saturated heterocycles. The molecule has 1 unspecified atom stereocenters. The van der Waals surface area contributed by atoms with Gasteiger partial charge in [-0.3, -0.25) is 0 Å². The van der Waals surface area contributed by atoms with Gasteiger partial charge in [-0.05, 0) is 23.8 Å². The minimum absolute atomic E-state index is 0.0653. The molecule has 1 atom stereocenters. The minimum Gasteiger partial charge on any atom is -0.368 e. The molecule has 0 spiro atoms. The van der Waals surface area contributed by atoms with Gasteiger partial charge in [0.1, 0.15) is 5.82 Å². The Balaban J connectivity index is 1.70. The standard InChI is InChI=1S/C17H15ClN2/c18-15(13-6-2-1-3-7-13)12-19-17-11-10-14-8-4-5-9-16(14)20-17/h1-11,15H,12H2,(H,19,20). The molecule has 0 radical (unpaired) electrons. The molecule has 2 nitrogen and oxygen atoms in total. The number of hydrogen-bond donors (Lipinski definition) is 1. The molecule has 1 aromatic heterocycles. The molecule has 2 aromatic carbocycles. The second-order valence-electron chi connectivity index (χ2n) is 4.65. The summed E-state index contributed by atoms with van der Waals surface area (Å²) in [6, 6.07) is 22.2. The molecule has 3 aromatic rings. The van der Waals surface area contributed by atoms with Gasteiger partial charge in [0.25, 0.3) is 0 Å². The van der Waals surface area contributed by atoms with E-state index in [1.807, 2.05) is 54.6 Å². The number of anilines is 1. The van der Waals surface area contributed by atoms with E-state index in [2.05, 4.69) is 22.4 Å². The topological polar surface area (TPSA) is 24.9 Å². The lowest BCUT2D eigenvalue weighted by Crippen LogP contribution is -2.09. The Bertz CT molecular complexity index is 697. The third-order valence-electron chi connectivity index (χ3n) is 3.22. The van der Waals surface area contributed by atoms with Gasteiger partial charge >= 0.3 is 0 Å². The third-order valence-corrected chi connectivity index (χ3v) is 3.63. The molecule has 0 aliphatic heterocycles. The molecule has 0 aliphatic rings. The molecule has 1 heterocycles. The largest absolute Gasteiger partial charge is 0.368 e. The summed E-state index contributed by atoms with van der Waals surface area (Å²) in [6.45, 7) is 0.650. The van der Waals surface area contributed by atoms with Crippen LogP contribution in [0.2, 0.25) is 0 Å². The molecule has 100 valence electrons. The number of nitrogens with one attached hydrogen (secondary N) is 1. The van der Waals surface area contributed by atoms with Gasteiger partial charge in [-0.25, -0.2) is 4.98 Å². The van der Waals surface area contributed by atoms with Crippen LogP contribution in [0.1, 0.15) is 10.9 Å². The lowest BCUT2D eigenvalue weighted by molar-refractivity contribution is 0.969. The smallest absolute Gasteiger partial charge is 0.126 e. The Labute approximate surface area is 123 Å². The fourth-order valence-electron chi connectivity index (χ4n) is 2.14. The van der Waals surface area contributed by atoms with Crippen molar-refractivity contribution in [2.75, 3.05) is 11.9 Å². The van der Waals surface area contributed by atoms with E-state index in [0.29, 0.717) is 6.54 Å². The summed E-state index contributed by atoms with van der Waals surface area (Å²) in [4.78, 5) is 4.57. The highest BCUT2D eigenvalue weighted by Crippen LogP contribution is 2.21. The lowest BCUT2D eigenvalue weighted by atomic mass is 10.1. The fraction of sp³-hybridized carbons (Fsp3) is 0.118. The van der Waals surface area contributed by atoms with Crippen LogP contribution in [0.4, 0.5) is 5.82 Å². The predicted molar refractivity (Wildman–Crippen MR) is 85.3 cm³/mol. The van der Waals surface area contributed by atoms with E-state index in [1.165, 1.54) is 0 Å². The van der Waals surface area contributed by atoms with Gasteiger partial charge in [0, 0.05) is 11.9 Å². The maximum Gasteiger partial charge on any atom is 0.126 e. The van der Waals surface area contributed by atoms with Crippen LogP contribution >= 0.6 is 11.6 Å². The molecule has 1 N–H and O–H groups in total. The first-order valence-electron chi connectivity index (χ1n) is 6.61.